The van der Waals surface area contributed by atoms with Crippen molar-refractivity contribution in [2.75, 3.05) is 7.11 Å². The van der Waals surface area contributed by atoms with Crippen LogP contribution in [0.3, 0.4) is 0 Å². The minimum Gasteiger partial charge on any atom is -0.494 e. The van der Waals surface area contributed by atoms with Crippen LogP contribution in [0.2, 0.25) is 0 Å². The average molecular weight is 151 g/mol. The first-order valence-corrected chi connectivity index (χ1v) is 3.12. The van der Waals surface area contributed by atoms with Crippen molar-refractivity contribution in [3.05, 3.63) is 24.3 Å². The summed E-state index contributed by atoms with van der Waals surface area (Å²) >= 11 is 0. The van der Waals surface area contributed by atoms with Gasteiger partial charge in [0.15, 0.2) is 0 Å². The third-order valence-corrected chi connectivity index (χ3v) is 1.25. The van der Waals surface area contributed by atoms with Crippen LogP contribution >= 0.6 is 0 Å². The Labute approximate surface area is 64.7 Å². The highest BCUT2D eigenvalue weighted by atomic mass is 16.5. The zero-order valence-electron chi connectivity index (χ0n) is 6.19. The standard InChI is InChI=1S/C7H9N3O/c1-11-7-5-3-2-4-6(7)9-10-8/h2-5H,1H3,(H2,8,9). The molecular formula is C7H9N3O. The van der Waals surface area contributed by atoms with Crippen LogP contribution in [0, 0.1) is 0 Å². The highest BCUT2D eigenvalue weighted by Gasteiger charge is 1.97. The molecule has 0 saturated carbocycles. The fourth-order valence-electron chi connectivity index (χ4n) is 0.775. The van der Waals surface area contributed by atoms with Gasteiger partial charge in [-0.25, -0.2) is 0 Å². The molecule has 58 valence electrons. The van der Waals surface area contributed by atoms with E-state index in [1.54, 1.807) is 19.2 Å². The third kappa shape index (κ3) is 1.67. The third-order valence-electron chi connectivity index (χ3n) is 1.25. The van der Waals surface area contributed by atoms with Gasteiger partial charge >= 0.3 is 0 Å². The van der Waals surface area contributed by atoms with Crippen LogP contribution in [0.1, 0.15) is 0 Å². The number of ether oxygens (including phenoxy) is 1. The molecule has 2 N–H and O–H groups in total. The quantitative estimate of drug-likeness (QED) is 0.397. The summed E-state index contributed by atoms with van der Waals surface area (Å²) in [4.78, 5) is 0. The lowest BCUT2D eigenvalue weighted by Crippen LogP contribution is -1.82. The van der Waals surface area contributed by atoms with E-state index in [1.807, 2.05) is 12.1 Å². The summed E-state index contributed by atoms with van der Waals surface area (Å²) in [6.45, 7) is 0. The van der Waals surface area contributed by atoms with E-state index in [2.05, 4.69) is 10.3 Å². The summed E-state index contributed by atoms with van der Waals surface area (Å²) in [7, 11) is 1.57. The number of nitrogens with two attached hydrogens (primary N) is 1. The summed E-state index contributed by atoms with van der Waals surface area (Å²) in [5.41, 5.74) is 0.637. The zero-order chi connectivity index (χ0) is 8.10. The fraction of sp³-hybridized carbons (Fsp3) is 0.143. The van der Waals surface area contributed by atoms with Crippen LogP contribution in [0.5, 0.6) is 5.75 Å². The summed E-state index contributed by atoms with van der Waals surface area (Å²) in [6, 6.07) is 7.26. The van der Waals surface area contributed by atoms with E-state index < -0.39 is 0 Å². The molecule has 0 amide bonds. The van der Waals surface area contributed by atoms with Gasteiger partial charge < -0.3 is 10.6 Å². The molecule has 1 aromatic rings. The molecule has 11 heavy (non-hydrogen) atoms. The molecule has 4 heteroatoms. The molecule has 0 fully saturated rings. The predicted octanol–water partition coefficient (Wildman–Crippen LogP) is 1.65. The Balaban J connectivity index is 3.02. The van der Waals surface area contributed by atoms with Gasteiger partial charge in [-0.1, -0.05) is 17.4 Å². The van der Waals surface area contributed by atoms with Gasteiger partial charge in [0.1, 0.15) is 11.4 Å². The Morgan fingerprint density at radius 3 is 2.73 bits per heavy atom. The van der Waals surface area contributed by atoms with Crippen molar-refractivity contribution < 1.29 is 4.74 Å². The normalized spacial score (nSPS) is 10.3. The maximum absolute atomic E-state index is 4.99. The molecule has 0 aliphatic heterocycles. The van der Waals surface area contributed by atoms with Crippen molar-refractivity contribution in [1.82, 2.24) is 0 Å². The molecule has 0 spiro atoms. The number of rotatable bonds is 2. The molecule has 0 aliphatic rings. The van der Waals surface area contributed by atoms with Crippen LogP contribution < -0.4 is 10.6 Å². The fourth-order valence-corrected chi connectivity index (χ4v) is 0.775. The molecule has 0 radical (unpaired) electrons. The minimum absolute atomic E-state index is 0.637. The van der Waals surface area contributed by atoms with E-state index in [4.69, 9.17) is 10.6 Å². The van der Waals surface area contributed by atoms with Crippen molar-refractivity contribution in [1.29, 1.82) is 0 Å². The lowest BCUT2D eigenvalue weighted by atomic mass is 10.3. The zero-order valence-corrected chi connectivity index (χ0v) is 6.19. The van der Waals surface area contributed by atoms with E-state index in [0.717, 1.165) is 0 Å². The summed E-state index contributed by atoms with van der Waals surface area (Å²) in [6.07, 6.45) is 0. The summed E-state index contributed by atoms with van der Waals surface area (Å²) in [5, 5.41) is 6.81. The molecule has 1 aromatic carbocycles. The van der Waals surface area contributed by atoms with Crippen LogP contribution in [-0.4, -0.2) is 7.11 Å². The number of hydrogen-bond acceptors (Lipinski definition) is 3. The Kier molecular flexibility index (Phi) is 2.43. The number of benzene rings is 1. The first-order valence-electron chi connectivity index (χ1n) is 3.12. The van der Waals surface area contributed by atoms with Crippen molar-refractivity contribution in [2.24, 2.45) is 16.2 Å². The van der Waals surface area contributed by atoms with Crippen molar-refractivity contribution >= 4 is 5.69 Å². The Hall–Kier alpha value is -1.58. The van der Waals surface area contributed by atoms with E-state index in [0.29, 0.717) is 11.4 Å². The first kappa shape index (κ1) is 7.53. The molecule has 1 rings (SSSR count). The van der Waals surface area contributed by atoms with E-state index in [9.17, 15) is 0 Å². The predicted molar refractivity (Wildman–Crippen MR) is 41.7 cm³/mol. The average Bonchev–Trinajstić information content (AvgIpc) is 2.06. The maximum Gasteiger partial charge on any atom is 0.146 e. The molecule has 0 aliphatic carbocycles. The monoisotopic (exact) mass is 151 g/mol. The van der Waals surface area contributed by atoms with Crippen LogP contribution in [0.15, 0.2) is 34.6 Å². The molecule has 0 atom stereocenters. The van der Waals surface area contributed by atoms with Gasteiger partial charge in [0.05, 0.1) is 7.11 Å². The molecule has 0 aromatic heterocycles. The molecule has 0 bridgehead atoms. The van der Waals surface area contributed by atoms with E-state index in [1.165, 1.54) is 0 Å². The SMILES string of the molecule is COc1ccccc1N=NN. The number of methoxy groups -OCH3 is 1. The van der Waals surface area contributed by atoms with E-state index in [-0.39, 0.29) is 0 Å². The maximum atomic E-state index is 4.99. The number of para-hydroxylation sites is 1. The van der Waals surface area contributed by atoms with Gasteiger partial charge in [-0.05, 0) is 12.1 Å². The van der Waals surface area contributed by atoms with Crippen LogP contribution in [0.4, 0.5) is 5.69 Å². The largest absolute Gasteiger partial charge is 0.494 e. The first-order chi connectivity index (χ1) is 5.38. The second-order valence-corrected chi connectivity index (χ2v) is 1.89. The second-order valence-electron chi connectivity index (χ2n) is 1.89. The summed E-state index contributed by atoms with van der Waals surface area (Å²) < 4.78 is 4.99. The molecular weight excluding hydrogens is 142 g/mol. The minimum atomic E-state index is 0.637. The van der Waals surface area contributed by atoms with Crippen LogP contribution in [-0.2, 0) is 0 Å². The van der Waals surface area contributed by atoms with Gasteiger partial charge in [-0.2, -0.15) is 0 Å². The second kappa shape index (κ2) is 3.55. The van der Waals surface area contributed by atoms with Gasteiger partial charge in [0.25, 0.3) is 0 Å². The molecule has 0 unspecified atom stereocenters. The number of hydrogen-bond donors (Lipinski definition) is 1. The summed E-state index contributed by atoms with van der Waals surface area (Å²) in [5.74, 6) is 5.56. The van der Waals surface area contributed by atoms with Gasteiger partial charge in [-0.3, -0.25) is 0 Å². The van der Waals surface area contributed by atoms with Crippen molar-refractivity contribution in [3.8, 4) is 5.75 Å². The Morgan fingerprint density at radius 1 is 1.36 bits per heavy atom. The van der Waals surface area contributed by atoms with E-state index >= 15 is 0 Å². The Bertz CT molecular complexity index is 260. The van der Waals surface area contributed by atoms with Crippen LogP contribution in [0.25, 0.3) is 0 Å². The highest BCUT2D eigenvalue weighted by molar-refractivity contribution is 5.50. The topological polar surface area (TPSA) is 60.0 Å². The molecule has 0 saturated heterocycles. The highest BCUT2D eigenvalue weighted by Crippen LogP contribution is 2.25. The van der Waals surface area contributed by atoms with Crippen molar-refractivity contribution in [3.63, 3.8) is 0 Å². The lowest BCUT2D eigenvalue weighted by molar-refractivity contribution is 0.415. The van der Waals surface area contributed by atoms with Gasteiger partial charge in [0, 0.05) is 0 Å². The molecule has 4 nitrogen and oxygen atoms in total. The molecule has 0 heterocycles. The Morgan fingerprint density at radius 2 is 2.09 bits per heavy atom. The van der Waals surface area contributed by atoms with Gasteiger partial charge in [0.2, 0.25) is 0 Å². The van der Waals surface area contributed by atoms with Gasteiger partial charge in [-0.15, -0.1) is 5.11 Å². The number of nitrogens with zero attached hydrogens (tertiary/aromatic N) is 2. The lowest BCUT2D eigenvalue weighted by Gasteiger charge is -2.00. The smallest absolute Gasteiger partial charge is 0.146 e. The van der Waals surface area contributed by atoms with Crippen molar-refractivity contribution in [2.45, 2.75) is 0 Å².